The molecule has 1 aliphatic rings. The topological polar surface area (TPSA) is 50.7 Å². The second kappa shape index (κ2) is 6.93. The Kier molecular flexibility index (Phi) is 4.90. The molecular weight excluding hydrogens is 302 g/mol. The third-order valence-electron chi connectivity index (χ3n) is 4.32. The first-order chi connectivity index (χ1) is 11.4. The molecule has 2 N–H and O–H groups in total. The van der Waals surface area contributed by atoms with Gasteiger partial charge in [-0.05, 0) is 28.2 Å². The number of hydrogen-bond acceptors (Lipinski definition) is 4. The molecule has 1 aliphatic heterocycles. The van der Waals surface area contributed by atoms with Crippen molar-refractivity contribution >= 4 is 0 Å². The van der Waals surface area contributed by atoms with E-state index in [1.165, 1.54) is 11.1 Å². The molecule has 0 saturated carbocycles. The highest BCUT2D eigenvalue weighted by atomic mass is 17.2. The standard InChI is InChI=1S/C20H25NO3/c1-20(2,3)17-7-5-4-6-15(17)11-21-12-18(22)14-8-9-16-13-23-24-19(16)10-14/h4-10,18,21-22H,11-13H2,1-3H3. The van der Waals surface area contributed by atoms with Crippen LogP contribution in [0.25, 0.3) is 0 Å². The number of aliphatic hydroxyl groups excluding tert-OH is 1. The quantitative estimate of drug-likeness (QED) is 0.824. The van der Waals surface area contributed by atoms with Gasteiger partial charge in [-0.15, -0.1) is 0 Å². The normalized spacial score (nSPS) is 15.0. The van der Waals surface area contributed by atoms with Crippen molar-refractivity contribution < 1.29 is 14.9 Å². The summed E-state index contributed by atoms with van der Waals surface area (Å²) in [5.41, 5.74) is 4.54. The second-order valence-electron chi connectivity index (χ2n) is 7.27. The Morgan fingerprint density at radius 3 is 2.75 bits per heavy atom. The summed E-state index contributed by atoms with van der Waals surface area (Å²) in [7, 11) is 0. The van der Waals surface area contributed by atoms with E-state index < -0.39 is 6.10 Å². The molecule has 0 radical (unpaired) electrons. The SMILES string of the molecule is CC(C)(C)c1ccccc1CNCC(O)c1ccc2c(c1)OOC2. The monoisotopic (exact) mass is 327 g/mol. The van der Waals surface area contributed by atoms with Crippen LogP contribution in [0.5, 0.6) is 5.75 Å². The van der Waals surface area contributed by atoms with Gasteiger partial charge in [0.2, 0.25) is 0 Å². The lowest BCUT2D eigenvalue weighted by Crippen LogP contribution is -2.23. The van der Waals surface area contributed by atoms with Gasteiger partial charge in [0.25, 0.3) is 0 Å². The molecular formula is C20H25NO3. The van der Waals surface area contributed by atoms with Gasteiger partial charge in [0, 0.05) is 18.7 Å². The van der Waals surface area contributed by atoms with Crippen LogP contribution in [0, 0.1) is 0 Å². The van der Waals surface area contributed by atoms with Gasteiger partial charge in [0.05, 0.1) is 6.10 Å². The summed E-state index contributed by atoms with van der Waals surface area (Å²) in [5.74, 6) is 0.699. The van der Waals surface area contributed by atoms with Gasteiger partial charge >= 0.3 is 0 Å². The molecule has 4 nitrogen and oxygen atoms in total. The molecule has 2 aromatic carbocycles. The van der Waals surface area contributed by atoms with Crippen LogP contribution >= 0.6 is 0 Å². The molecule has 1 atom stereocenters. The van der Waals surface area contributed by atoms with Crippen LogP contribution in [-0.2, 0) is 23.5 Å². The zero-order chi connectivity index (χ0) is 17.2. The third-order valence-corrected chi connectivity index (χ3v) is 4.32. The number of hydrogen-bond donors (Lipinski definition) is 2. The largest absolute Gasteiger partial charge is 0.387 e. The van der Waals surface area contributed by atoms with Crippen molar-refractivity contribution in [2.75, 3.05) is 6.54 Å². The van der Waals surface area contributed by atoms with E-state index in [-0.39, 0.29) is 5.41 Å². The average Bonchev–Trinajstić information content (AvgIpc) is 3.01. The van der Waals surface area contributed by atoms with E-state index in [0.29, 0.717) is 18.9 Å². The zero-order valence-electron chi connectivity index (χ0n) is 14.5. The van der Waals surface area contributed by atoms with E-state index in [4.69, 9.17) is 9.78 Å². The van der Waals surface area contributed by atoms with Crippen LogP contribution in [0.3, 0.4) is 0 Å². The van der Waals surface area contributed by atoms with E-state index in [1.54, 1.807) is 0 Å². The fourth-order valence-electron chi connectivity index (χ4n) is 3.00. The van der Waals surface area contributed by atoms with E-state index in [9.17, 15) is 5.11 Å². The summed E-state index contributed by atoms with van der Waals surface area (Å²) in [6, 6.07) is 14.2. The lowest BCUT2D eigenvalue weighted by molar-refractivity contribution is -0.194. The Morgan fingerprint density at radius 1 is 1.17 bits per heavy atom. The molecule has 0 aliphatic carbocycles. The lowest BCUT2D eigenvalue weighted by Gasteiger charge is -2.23. The first kappa shape index (κ1) is 17.0. The van der Waals surface area contributed by atoms with E-state index in [2.05, 4.69) is 50.4 Å². The molecule has 0 saturated heterocycles. The Balaban J connectivity index is 1.61. The molecule has 3 rings (SSSR count). The third kappa shape index (κ3) is 3.78. The highest BCUT2D eigenvalue weighted by molar-refractivity contribution is 5.39. The van der Waals surface area contributed by atoms with Gasteiger partial charge in [-0.2, -0.15) is 4.89 Å². The Bertz CT molecular complexity index is 706. The molecule has 0 bridgehead atoms. The summed E-state index contributed by atoms with van der Waals surface area (Å²) in [6.45, 7) is 8.33. The number of nitrogens with one attached hydrogen (secondary N) is 1. The van der Waals surface area contributed by atoms with Gasteiger partial charge in [-0.25, -0.2) is 0 Å². The maximum atomic E-state index is 10.4. The van der Waals surface area contributed by atoms with Gasteiger partial charge in [-0.1, -0.05) is 57.2 Å². The average molecular weight is 327 g/mol. The van der Waals surface area contributed by atoms with E-state index in [1.807, 2.05) is 18.2 Å². The maximum Gasteiger partial charge on any atom is 0.171 e. The zero-order valence-corrected chi connectivity index (χ0v) is 14.5. The van der Waals surface area contributed by atoms with Gasteiger partial charge in [-0.3, -0.25) is 0 Å². The van der Waals surface area contributed by atoms with Crippen molar-refractivity contribution in [3.63, 3.8) is 0 Å². The number of benzene rings is 2. The first-order valence-electron chi connectivity index (χ1n) is 8.34. The summed E-state index contributed by atoms with van der Waals surface area (Å²) < 4.78 is 0. The maximum absolute atomic E-state index is 10.4. The molecule has 0 aromatic heterocycles. The second-order valence-corrected chi connectivity index (χ2v) is 7.27. The summed E-state index contributed by atoms with van der Waals surface area (Å²) in [4.78, 5) is 10.0. The molecule has 128 valence electrons. The predicted molar refractivity (Wildman–Crippen MR) is 93.7 cm³/mol. The molecule has 1 heterocycles. The molecule has 0 spiro atoms. The Morgan fingerprint density at radius 2 is 1.96 bits per heavy atom. The minimum Gasteiger partial charge on any atom is -0.387 e. The molecule has 24 heavy (non-hydrogen) atoms. The minimum absolute atomic E-state index is 0.105. The van der Waals surface area contributed by atoms with Crippen molar-refractivity contribution in [3.05, 3.63) is 64.7 Å². The van der Waals surface area contributed by atoms with Crippen molar-refractivity contribution in [1.82, 2.24) is 5.32 Å². The fourth-order valence-corrected chi connectivity index (χ4v) is 3.00. The van der Waals surface area contributed by atoms with Crippen molar-refractivity contribution in [2.45, 2.75) is 45.4 Å². The predicted octanol–water partition coefficient (Wildman–Crippen LogP) is 3.63. The van der Waals surface area contributed by atoms with Crippen LogP contribution in [-0.4, -0.2) is 11.7 Å². The fraction of sp³-hybridized carbons (Fsp3) is 0.400. The lowest BCUT2D eigenvalue weighted by atomic mass is 9.84. The number of aliphatic hydroxyl groups is 1. The van der Waals surface area contributed by atoms with Crippen LogP contribution in [0.1, 0.15) is 49.1 Å². The molecule has 0 amide bonds. The Labute approximate surface area is 143 Å². The highest BCUT2D eigenvalue weighted by Gasteiger charge is 2.18. The van der Waals surface area contributed by atoms with Gasteiger partial charge in [0.15, 0.2) is 5.75 Å². The van der Waals surface area contributed by atoms with Crippen LogP contribution in [0.2, 0.25) is 0 Å². The Hall–Kier alpha value is -1.88. The van der Waals surface area contributed by atoms with Crippen molar-refractivity contribution in [3.8, 4) is 5.75 Å². The number of fused-ring (bicyclic) bond motifs is 1. The summed E-state index contributed by atoms with van der Waals surface area (Å²) in [5, 5.41) is 13.8. The van der Waals surface area contributed by atoms with Crippen molar-refractivity contribution in [2.24, 2.45) is 0 Å². The van der Waals surface area contributed by atoms with E-state index in [0.717, 1.165) is 17.7 Å². The molecule has 0 fully saturated rings. The molecule has 2 aromatic rings. The van der Waals surface area contributed by atoms with Crippen LogP contribution in [0.15, 0.2) is 42.5 Å². The first-order valence-corrected chi connectivity index (χ1v) is 8.34. The smallest absolute Gasteiger partial charge is 0.171 e. The molecule has 4 heteroatoms. The number of rotatable bonds is 5. The van der Waals surface area contributed by atoms with E-state index >= 15 is 0 Å². The highest BCUT2D eigenvalue weighted by Crippen LogP contribution is 2.29. The van der Waals surface area contributed by atoms with Gasteiger partial charge in [0.1, 0.15) is 6.61 Å². The summed E-state index contributed by atoms with van der Waals surface area (Å²) in [6.07, 6.45) is -0.582. The van der Waals surface area contributed by atoms with Gasteiger partial charge < -0.3 is 15.3 Å². The van der Waals surface area contributed by atoms with Crippen molar-refractivity contribution in [1.29, 1.82) is 0 Å². The van der Waals surface area contributed by atoms with Crippen LogP contribution < -0.4 is 10.2 Å². The summed E-state index contributed by atoms with van der Waals surface area (Å²) >= 11 is 0. The molecule has 1 unspecified atom stereocenters. The van der Waals surface area contributed by atoms with Crippen LogP contribution in [0.4, 0.5) is 0 Å². The minimum atomic E-state index is -0.582.